The van der Waals surface area contributed by atoms with Crippen LogP contribution in [-0.2, 0) is 12.6 Å². The van der Waals surface area contributed by atoms with E-state index in [-0.39, 0.29) is 6.54 Å². The molecule has 2 aromatic rings. The molecule has 0 bridgehead atoms. The number of hydrogen-bond donors (Lipinski definition) is 3. The third-order valence-electron chi connectivity index (χ3n) is 3.10. The van der Waals surface area contributed by atoms with Gasteiger partial charge in [0, 0.05) is 23.8 Å². The number of nitrogens with zero attached hydrogens (tertiary/aromatic N) is 2. The minimum Gasteiger partial charge on any atom is -0.383 e. The van der Waals surface area contributed by atoms with Crippen molar-refractivity contribution in [3.63, 3.8) is 0 Å². The first-order valence-corrected chi connectivity index (χ1v) is 7.25. The number of benzene rings is 1. The zero-order valence-corrected chi connectivity index (χ0v) is 13.6. The summed E-state index contributed by atoms with van der Waals surface area (Å²) in [6.07, 6.45) is 3.24. The van der Waals surface area contributed by atoms with Crippen LogP contribution in [0.15, 0.2) is 30.6 Å². The second kappa shape index (κ2) is 6.56. The molecule has 0 saturated carbocycles. The fourth-order valence-corrected chi connectivity index (χ4v) is 2.15. The van der Waals surface area contributed by atoms with Crippen LogP contribution < -0.4 is 10.6 Å². The Morgan fingerprint density at radius 1 is 1.45 bits per heavy atom. The van der Waals surface area contributed by atoms with Gasteiger partial charge in [-0.05, 0) is 25.1 Å². The zero-order valence-electron chi connectivity index (χ0n) is 12.1. The lowest BCUT2D eigenvalue weighted by Gasteiger charge is -2.22. The number of hydrogen-bond acceptors (Lipinski definition) is 3. The van der Waals surface area contributed by atoms with Gasteiger partial charge < -0.3 is 15.7 Å². The highest BCUT2D eigenvalue weighted by molar-refractivity contribution is 6.35. The standard InChI is InChI=1S/C14H16Cl2N4O2/c1-14(22,9-6-18-20(2)7-9)8-17-13(21)19-12-5-10(15)3-4-11(12)16/h3-7,22H,8H2,1-2H3,(H2,17,19,21)/t14-/m0/s1. The summed E-state index contributed by atoms with van der Waals surface area (Å²) < 4.78 is 1.58. The van der Waals surface area contributed by atoms with Crippen molar-refractivity contribution in [3.05, 3.63) is 46.2 Å². The van der Waals surface area contributed by atoms with Gasteiger partial charge in [-0.3, -0.25) is 4.68 Å². The van der Waals surface area contributed by atoms with Crippen LogP contribution in [0.2, 0.25) is 10.0 Å². The fraction of sp³-hybridized carbons (Fsp3) is 0.286. The number of aromatic nitrogens is 2. The van der Waals surface area contributed by atoms with E-state index in [4.69, 9.17) is 23.2 Å². The van der Waals surface area contributed by atoms with E-state index in [1.54, 1.807) is 49.2 Å². The van der Waals surface area contributed by atoms with E-state index in [1.165, 1.54) is 0 Å². The third kappa shape index (κ3) is 4.13. The van der Waals surface area contributed by atoms with Crippen LogP contribution in [0.4, 0.5) is 10.5 Å². The van der Waals surface area contributed by atoms with Gasteiger partial charge in [-0.15, -0.1) is 0 Å². The van der Waals surface area contributed by atoms with Gasteiger partial charge in [0.15, 0.2) is 0 Å². The second-order valence-corrected chi connectivity index (χ2v) is 5.95. The van der Waals surface area contributed by atoms with Crippen molar-refractivity contribution in [1.29, 1.82) is 0 Å². The van der Waals surface area contributed by atoms with Crippen LogP contribution in [-0.4, -0.2) is 27.5 Å². The highest BCUT2D eigenvalue weighted by Crippen LogP contribution is 2.25. The van der Waals surface area contributed by atoms with Crippen LogP contribution in [0.25, 0.3) is 0 Å². The molecular formula is C14H16Cl2N4O2. The average Bonchev–Trinajstić information content (AvgIpc) is 2.88. The number of carbonyl (C=O) groups is 1. The first-order chi connectivity index (χ1) is 10.3. The Labute approximate surface area is 138 Å². The Morgan fingerprint density at radius 2 is 2.18 bits per heavy atom. The SMILES string of the molecule is Cn1cc([C@@](C)(O)CNC(=O)Nc2cc(Cl)ccc2Cl)cn1. The number of carbonyl (C=O) groups excluding carboxylic acids is 1. The summed E-state index contributed by atoms with van der Waals surface area (Å²) in [5.41, 5.74) is -0.229. The lowest BCUT2D eigenvalue weighted by Crippen LogP contribution is -2.40. The number of aryl methyl sites for hydroxylation is 1. The molecule has 0 fully saturated rings. The first kappa shape index (κ1) is 16.6. The highest BCUT2D eigenvalue weighted by atomic mass is 35.5. The monoisotopic (exact) mass is 342 g/mol. The van der Waals surface area contributed by atoms with E-state index in [0.717, 1.165) is 0 Å². The minimum atomic E-state index is -1.23. The predicted octanol–water partition coefficient (Wildman–Crippen LogP) is 2.76. The van der Waals surface area contributed by atoms with E-state index in [2.05, 4.69) is 15.7 Å². The molecule has 0 aliphatic heterocycles. The van der Waals surface area contributed by atoms with Crippen LogP contribution in [0.1, 0.15) is 12.5 Å². The van der Waals surface area contributed by atoms with Crippen molar-refractivity contribution in [2.45, 2.75) is 12.5 Å². The second-order valence-electron chi connectivity index (χ2n) is 5.11. The smallest absolute Gasteiger partial charge is 0.319 e. The third-order valence-corrected chi connectivity index (χ3v) is 3.66. The van der Waals surface area contributed by atoms with Gasteiger partial charge in [0.25, 0.3) is 0 Å². The fourth-order valence-electron chi connectivity index (χ4n) is 1.81. The van der Waals surface area contributed by atoms with Crippen molar-refractivity contribution in [3.8, 4) is 0 Å². The Hall–Kier alpha value is -1.76. The molecule has 0 spiro atoms. The normalized spacial score (nSPS) is 13.5. The van der Waals surface area contributed by atoms with Gasteiger partial charge in [-0.1, -0.05) is 23.2 Å². The highest BCUT2D eigenvalue weighted by Gasteiger charge is 2.25. The van der Waals surface area contributed by atoms with Crippen molar-refractivity contribution in [2.75, 3.05) is 11.9 Å². The molecule has 3 N–H and O–H groups in total. The number of anilines is 1. The predicted molar refractivity (Wildman–Crippen MR) is 86.3 cm³/mol. The van der Waals surface area contributed by atoms with Gasteiger partial charge in [0.1, 0.15) is 5.60 Å². The van der Waals surface area contributed by atoms with E-state index in [1.807, 2.05) is 0 Å². The molecule has 0 aliphatic carbocycles. The first-order valence-electron chi connectivity index (χ1n) is 6.49. The Kier molecular flexibility index (Phi) is 4.95. The van der Waals surface area contributed by atoms with Crippen molar-refractivity contribution in [1.82, 2.24) is 15.1 Å². The van der Waals surface area contributed by atoms with E-state index in [0.29, 0.717) is 21.3 Å². The lowest BCUT2D eigenvalue weighted by molar-refractivity contribution is 0.0599. The molecule has 0 unspecified atom stereocenters. The summed E-state index contributed by atoms with van der Waals surface area (Å²) in [6.45, 7) is 1.61. The molecule has 22 heavy (non-hydrogen) atoms. The molecular weight excluding hydrogens is 327 g/mol. The van der Waals surface area contributed by atoms with Crippen LogP contribution in [0, 0.1) is 0 Å². The number of urea groups is 1. The maximum absolute atomic E-state index is 11.9. The lowest BCUT2D eigenvalue weighted by atomic mass is 10.00. The molecule has 0 aliphatic rings. The van der Waals surface area contributed by atoms with Gasteiger partial charge in [0.05, 0.1) is 23.5 Å². The van der Waals surface area contributed by atoms with Crippen molar-refractivity contribution < 1.29 is 9.90 Å². The quantitative estimate of drug-likeness (QED) is 0.799. The largest absolute Gasteiger partial charge is 0.383 e. The summed E-state index contributed by atoms with van der Waals surface area (Å²) in [4.78, 5) is 11.9. The van der Waals surface area contributed by atoms with Crippen LogP contribution >= 0.6 is 23.2 Å². The molecule has 118 valence electrons. The molecule has 2 amide bonds. The summed E-state index contributed by atoms with van der Waals surface area (Å²) >= 11 is 11.8. The Bertz CT molecular complexity index is 685. The van der Waals surface area contributed by atoms with Crippen LogP contribution in [0.5, 0.6) is 0 Å². The molecule has 0 saturated heterocycles. The molecule has 1 atom stereocenters. The Balaban J connectivity index is 1.96. The van der Waals surface area contributed by atoms with Gasteiger partial charge in [-0.25, -0.2) is 4.79 Å². The Morgan fingerprint density at radius 3 is 2.82 bits per heavy atom. The summed E-state index contributed by atoms with van der Waals surface area (Å²) in [6, 6.07) is 4.27. The van der Waals surface area contributed by atoms with E-state index in [9.17, 15) is 9.90 Å². The summed E-state index contributed by atoms with van der Waals surface area (Å²) in [7, 11) is 1.75. The van der Waals surface area contributed by atoms with E-state index < -0.39 is 11.6 Å². The average molecular weight is 343 g/mol. The molecule has 0 radical (unpaired) electrons. The number of halogens is 2. The number of nitrogens with one attached hydrogen (secondary N) is 2. The minimum absolute atomic E-state index is 0.0166. The molecule has 8 heteroatoms. The van der Waals surface area contributed by atoms with Crippen LogP contribution in [0.3, 0.4) is 0 Å². The maximum Gasteiger partial charge on any atom is 0.319 e. The maximum atomic E-state index is 11.9. The molecule has 6 nitrogen and oxygen atoms in total. The topological polar surface area (TPSA) is 79.2 Å². The molecule has 1 aromatic heterocycles. The van der Waals surface area contributed by atoms with E-state index >= 15 is 0 Å². The van der Waals surface area contributed by atoms with Gasteiger partial charge in [0.2, 0.25) is 0 Å². The van der Waals surface area contributed by atoms with Crippen molar-refractivity contribution in [2.24, 2.45) is 7.05 Å². The summed E-state index contributed by atoms with van der Waals surface area (Å²) in [5, 5.41) is 20.4. The van der Waals surface area contributed by atoms with Gasteiger partial charge >= 0.3 is 6.03 Å². The number of aliphatic hydroxyl groups is 1. The van der Waals surface area contributed by atoms with Gasteiger partial charge in [-0.2, -0.15) is 5.10 Å². The zero-order chi connectivity index (χ0) is 16.3. The van der Waals surface area contributed by atoms with Crippen molar-refractivity contribution >= 4 is 34.9 Å². The summed E-state index contributed by atoms with van der Waals surface area (Å²) in [5.74, 6) is 0. The molecule has 1 heterocycles. The number of amides is 2. The molecule has 2 rings (SSSR count). The number of rotatable bonds is 4. The molecule has 1 aromatic carbocycles.